The third-order valence-corrected chi connectivity index (χ3v) is 3.19. The van der Waals surface area contributed by atoms with E-state index in [2.05, 4.69) is 6.08 Å². The van der Waals surface area contributed by atoms with Gasteiger partial charge in [-0.2, -0.15) is 0 Å². The highest BCUT2D eigenvalue weighted by molar-refractivity contribution is 5.09. The molecule has 0 aromatic heterocycles. The fourth-order valence-electron chi connectivity index (χ4n) is 2.55. The predicted octanol–water partition coefficient (Wildman–Crippen LogP) is 1.97. The van der Waals surface area contributed by atoms with E-state index in [9.17, 15) is 0 Å². The zero-order chi connectivity index (χ0) is 7.68. The summed E-state index contributed by atoms with van der Waals surface area (Å²) in [4.78, 5) is 0. The van der Waals surface area contributed by atoms with Crippen molar-refractivity contribution in [2.75, 3.05) is 6.61 Å². The zero-order valence-corrected chi connectivity index (χ0v) is 6.87. The SMILES string of the molecule is OC/C=C/C1C2CCCCC12. The first kappa shape index (κ1) is 7.35. The summed E-state index contributed by atoms with van der Waals surface area (Å²) in [6.45, 7) is 0.218. The van der Waals surface area contributed by atoms with Crippen molar-refractivity contribution in [3.63, 3.8) is 0 Å². The molecule has 11 heavy (non-hydrogen) atoms. The van der Waals surface area contributed by atoms with E-state index in [4.69, 9.17) is 5.11 Å². The van der Waals surface area contributed by atoms with Crippen LogP contribution < -0.4 is 0 Å². The lowest BCUT2D eigenvalue weighted by molar-refractivity contribution is 0.342. The van der Waals surface area contributed by atoms with Crippen LogP contribution in [0.1, 0.15) is 25.7 Å². The van der Waals surface area contributed by atoms with Gasteiger partial charge in [-0.1, -0.05) is 25.0 Å². The molecule has 0 bridgehead atoms. The molecule has 0 radical (unpaired) electrons. The molecule has 2 rings (SSSR count). The van der Waals surface area contributed by atoms with Gasteiger partial charge in [-0.25, -0.2) is 0 Å². The van der Waals surface area contributed by atoms with Crippen molar-refractivity contribution in [3.05, 3.63) is 12.2 Å². The van der Waals surface area contributed by atoms with Crippen LogP contribution in [0.2, 0.25) is 0 Å². The van der Waals surface area contributed by atoms with Crippen LogP contribution in [0.4, 0.5) is 0 Å². The van der Waals surface area contributed by atoms with E-state index in [-0.39, 0.29) is 6.61 Å². The van der Waals surface area contributed by atoms with Crippen molar-refractivity contribution in [1.82, 2.24) is 0 Å². The third-order valence-electron chi connectivity index (χ3n) is 3.19. The first-order valence-corrected chi connectivity index (χ1v) is 4.71. The van der Waals surface area contributed by atoms with Crippen LogP contribution >= 0.6 is 0 Å². The lowest BCUT2D eigenvalue weighted by atomic mass is 10.0. The molecule has 2 unspecified atom stereocenters. The standard InChI is InChI=1S/C10H16O/c11-7-3-6-10-8-4-1-2-5-9(8)10/h3,6,8-11H,1-2,4-5,7H2/b6-3+. The van der Waals surface area contributed by atoms with Gasteiger partial charge in [0.2, 0.25) is 0 Å². The largest absolute Gasteiger partial charge is 0.392 e. The summed E-state index contributed by atoms with van der Waals surface area (Å²) in [5.74, 6) is 2.82. The van der Waals surface area contributed by atoms with Gasteiger partial charge in [0, 0.05) is 0 Å². The van der Waals surface area contributed by atoms with Gasteiger partial charge in [-0.05, 0) is 30.6 Å². The molecule has 2 saturated carbocycles. The molecule has 62 valence electrons. The van der Waals surface area contributed by atoms with Crippen LogP contribution in [0.25, 0.3) is 0 Å². The molecule has 0 amide bonds. The third kappa shape index (κ3) is 1.34. The average molecular weight is 152 g/mol. The van der Waals surface area contributed by atoms with Gasteiger partial charge in [-0.15, -0.1) is 0 Å². The normalized spacial score (nSPS) is 42.5. The minimum atomic E-state index is 0.218. The number of rotatable bonds is 2. The Kier molecular flexibility index (Phi) is 1.99. The first-order chi connectivity index (χ1) is 5.43. The molecule has 2 aliphatic carbocycles. The second kappa shape index (κ2) is 2.98. The van der Waals surface area contributed by atoms with Crippen molar-refractivity contribution < 1.29 is 5.11 Å². The Morgan fingerprint density at radius 1 is 1.18 bits per heavy atom. The highest BCUT2D eigenvalue weighted by Crippen LogP contribution is 2.55. The van der Waals surface area contributed by atoms with Crippen molar-refractivity contribution in [2.45, 2.75) is 25.7 Å². The van der Waals surface area contributed by atoms with Gasteiger partial charge < -0.3 is 5.11 Å². The summed E-state index contributed by atoms with van der Waals surface area (Å²) in [6.07, 6.45) is 9.87. The Labute approximate surface area is 68.1 Å². The number of fused-ring (bicyclic) bond motifs is 1. The maximum Gasteiger partial charge on any atom is 0.0612 e. The molecule has 0 heterocycles. The number of allylic oxidation sites excluding steroid dienone is 1. The maximum atomic E-state index is 8.59. The molecular formula is C10H16O. The number of aliphatic hydroxyl groups is 1. The van der Waals surface area contributed by atoms with Crippen LogP contribution in [0.3, 0.4) is 0 Å². The van der Waals surface area contributed by atoms with E-state index in [1.807, 2.05) is 6.08 Å². The molecule has 0 aromatic carbocycles. The van der Waals surface area contributed by atoms with Crippen LogP contribution in [0.5, 0.6) is 0 Å². The topological polar surface area (TPSA) is 20.2 Å². The Balaban J connectivity index is 1.85. The summed E-state index contributed by atoms with van der Waals surface area (Å²) in [6, 6.07) is 0. The van der Waals surface area contributed by atoms with Gasteiger partial charge in [-0.3, -0.25) is 0 Å². The van der Waals surface area contributed by atoms with Gasteiger partial charge in [0.25, 0.3) is 0 Å². The predicted molar refractivity (Wildman–Crippen MR) is 45.2 cm³/mol. The summed E-state index contributed by atoms with van der Waals surface area (Å²) < 4.78 is 0. The molecular weight excluding hydrogens is 136 g/mol. The Bertz CT molecular complexity index is 150. The molecule has 1 nitrogen and oxygen atoms in total. The van der Waals surface area contributed by atoms with E-state index >= 15 is 0 Å². The smallest absolute Gasteiger partial charge is 0.0612 e. The highest BCUT2D eigenvalue weighted by atomic mass is 16.2. The van der Waals surface area contributed by atoms with Crippen LogP contribution in [-0.2, 0) is 0 Å². The molecule has 2 aliphatic rings. The number of aliphatic hydroxyl groups excluding tert-OH is 1. The minimum absolute atomic E-state index is 0.218. The molecule has 2 fully saturated rings. The van der Waals surface area contributed by atoms with Crippen LogP contribution in [-0.4, -0.2) is 11.7 Å². The summed E-state index contributed by atoms with van der Waals surface area (Å²) in [7, 11) is 0. The average Bonchev–Trinajstić information content (AvgIpc) is 2.75. The molecule has 0 aliphatic heterocycles. The number of hydrogen-bond donors (Lipinski definition) is 1. The zero-order valence-electron chi connectivity index (χ0n) is 6.87. The van der Waals surface area contributed by atoms with Crippen LogP contribution in [0.15, 0.2) is 12.2 Å². The fourth-order valence-corrected chi connectivity index (χ4v) is 2.55. The molecule has 0 saturated heterocycles. The second-order valence-electron chi connectivity index (χ2n) is 3.80. The lowest BCUT2D eigenvalue weighted by Crippen LogP contribution is -1.91. The summed E-state index contributed by atoms with van der Waals surface area (Å²) in [5, 5.41) is 8.59. The summed E-state index contributed by atoms with van der Waals surface area (Å²) in [5.41, 5.74) is 0. The second-order valence-corrected chi connectivity index (χ2v) is 3.80. The number of hydrogen-bond acceptors (Lipinski definition) is 1. The molecule has 0 aromatic rings. The van der Waals surface area contributed by atoms with Crippen molar-refractivity contribution in [2.24, 2.45) is 17.8 Å². The first-order valence-electron chi connectivity index (χ1n) is 4.71. The molecule has 2 atom stereocenters. The van der Waals surface area contributed by atoms with Gasteiger partial charge in [0.05, 0.1) is 6.61 Å². The van der Waals surface area contributed by atoms with Gasteiger partial charge >= 0.3 is 0 Å². The minimum Gasteiger partial charge on any atom is -0.392 e. The Morgan fingerprint density at radius 3 is 2.36 bits per heavy atom. The van der Waals surface area contributed by atoms with Crippen molar-refractivity contribution >= 4 is 0 Å². The monoisotopic (exact) mass is 152 g/mol. The van der Waals surface area contributed by atoms with Crippen molar-refractivity contribution in [1.29, 1.82) is 0 Å². The van der Waals surface area contributed by atoms with Gasteiger partial charge in [0.1, 0.15) is 0 Å². The Hall–Kier alpha value is -0.300. The Morgan fingerprint density at radius 2 is 1.82 bits per heavy atom. The van der Waals surface area contributed by atoms with Crippen LogP contribution in [0, 0.1) is 17.8 Å². The summed E-state index contributed by atoms with van der Waals surface area (Å²) >= 11 is 0. The lowest BCUT2D eigenvalue weighted by Gasteiger charge is -2.04. The van der Waals surface area contributed by atoms with E-state index in [1.165, 1.54) is 25.7 Å². The van der Waals surface area contributed by atoms with E-state index < -0.39 is 0 Å². The quantitative estimate of drug-likeness (QED) is 0.600. The molecule has 1 N–H and O–H groups in total. The molecule has 0 spiro atoms. The highest BCUT2D eigenvalue weighted by Gasteiger charge is 2.48. The van der Waals surface area contributed by atoms with Gasteiger partial charge in [0.15, 0.2) is 0 Å². The van der Waals surface area contributed by atoms with Crippen molar-refractivity contribution in [3.8, 4) is 0 Å². The van der Waals surface area contributed by atoms with E-state index in [1.54, 1.807) is 0 Å². The molecule has 1 heteroatoms. The van der Waals surface area contributed by atoms with E-state index in [0.717, 1.165) is 17.8 Å². The fraction of sp³-hybridized carbons (Fsp3) is 0.800. The maximum absolute atomic E-state index is 8.59. The van der Waals surface area contributed by atoms with E-state index in [0.29, 0.717) is 0 Å².